The van der Waals surface area contributed by atoms with Gasteiger partial charge in [-0.2, -0.15) is 6.42 Å². The van der Waals surface area contributed by atoms with E-state index >= 15 is 0 Å². The van der Waals surface area contributed by atoms with Gasteiger partial charge < -0.3 is 17.0 Å². The number of amides is 1. The second-order valence-corrected chi connectivity index (χ2v) is 4.88. The van der Waals surface area contributed by atoms with Crippen LogP contribution in [0.4, 0.5) is 16.2 Å². The van der Waals surface area contributed by atoms with Crippen molar-refractivity contribution in [3.63, 3.8) is 0 Å². The van der Waals surface area contributed by atoms with Gasteiger partial charge in [-0.3, -0.25) is 12.4 Å². The van der Waals surface area contributed by atoms with Gasteiger partial charge in [-0.15, -0.1) is 0 Å². The maximum Gasteiger partial charge on any atom is 0.412 e. The first-order valence-corrected chi connectivity index (χ1v) is 6.24. The first-order chi connectivity index (χ1) is 8.82. The van der Waals surface area contributed by atoms with Crippen molar-refractivity contribution in [2.24, 2.45) is 0 Å². The number of benzene rings is 1. The maximum atomic E-state index is 11.5. The average Bonchev–Trinajstić information content (AvgIpc) is 2.27. The van der Waals surface area contributed by atoms with Crippen LogP contribution in [0, 0.1) is 14.0 Å². The van der Waals surface area contributed by atoms with Crippen molar-refractivity contribution in [1.29, 1.82) is 0 Å². The summed E-state index contributed by atoms with van der Waals surface area (Å²) >= 11 is 0. The molecule has 0 bridgehead atoms. The van der Waals surface area contributed by atoms with E-state index in [1.165, 1.54) is 0 Å². The van der Waals surface area contributed by atoms with Crippen molar-refractivity contribution in [2.75, 3.05) is 10.6 Å². The Labute approximate surface area is 147 Å². The second-order valence-electron chi connectivity index (χ2n) is 4.88. The molecule has 0 aliphatic carbocycles. The predicted octanol–water partition coefficient (Wildman–Crippen LogP) is 4.47. The predicted molar refractivity (Wildman–Crippen MR) is 80.9 cm³/mol. The summed E-state index contributed by atoms with van der Waals surface area (Å²) in [6.07, 6.45) is 0.536. The van der Waals surface area contributed by atoms with Gasteiger partial charge in [0.25, 0.3) is 0 Å². The molecule has 0 saturated carbocycles. The molecular formula is C15H24N2O2Y-2. The Kier molecular flexibility index (Phi) is 12.0. The zero-order chi connectivity index (χ0) is 14.9. The molecule has 20 heavy (non-hydrogen) atoms. The molecule has 4 nitrogen and oxygen atoms in total. The molecule has 0 heterocycles. The molecule has 1 rings (SSSR count). The van der Waals surface area contributed by atoms with E-state index in [1.807, 2.05) is 39.8 Å². The van der Waals surface area contributed by atoms with E-state index in [4.69, 9.17) is 4.74 Å². The fourth-order valence-corrected chi connectivity index (χ4v) is 1.13. The van der Waals surface area contributed by atoms with Gasteiger partial charge in [-0.05, 0) is 39.0 Å². The molecule has 0 aliphatic rings. The molecule has 5 heteroatoms. The van der Waals surface area contributed by atoms with Gasteiger partial charge in [0.15, 0.2) is 0 Å². The van der Waals surface area contributed by atoms with Crippen LogP contribution in [0.25, 0.3) is 0 Å². The van der Waals surface area contributed by atoms with Crippen LogP contribution in [0.3, 0.4) is 0 Å². The molecule has 1 aromatic rings. The van der Waals surface area contributed by atoms with E-state index in [0.29, 0.717) is 5.69 Å². The van der Waals surface area contributed by atoms with Crippen molar-refractivity contribution in [2.45, 2.75) is 39.7 Å². The van der Waals surface area contributed by atoms with Crippen LogP contribution in [-0.4, -0.2) is 11.7 Å². The molecule has 0 aromatic heterocycles. The van der Waals surface area contributed by atoms with Crippen molar-refractivity contribution >= 4 is 17.5 Å². The summed E-state index contributed by atoms with van der Waals surface area (Å²) in [7, 11) is 3.54. The molecular weight excluding hydrogens is 329 g/mol. The molecule has 111 valence electrons. The number of carbonyl (C=O) groups is 1. The normalized spacial score (nSPS) is 9.50. The number of carbonyl (C=O) groups excluding carboxylic acids is 1. The molecule has 0 atom stereocenters. The Morgan fingerprint density at radius 3 is 2.25 bits per heavy atom. The van der Waals surface area contributed by atoms with Crippen molar-refractivity contribution < 1.29 is 42.2 Å². The molecule has 0 unspecified atom stereocenters. The minimum absolute atomic E-state index is 0. The van der Waals surface area contributed by atoms with Crippen molar-refractivity contribution in [3.8, 4) is 0 Å². The van der Waals surface area contributed by atoms with Gasteiger partial charge in [0, 0.05) is 44.1 Å². The van der Waals surface area contributed by atoms with Gasteiger partial charge in [0.05, 0.1) is 0 Å². The van der Waals surface area contributed by atoms with Crippen LogP contribution in [0.5, 0.6) is 0 Å². The fraction of sp³-hybridized carbons (Fsp3) is 0.400. The summed E-state index contributed by atoms with van der Waals surface area (Å²) in [5.41, 5.74) is 1.00. The summed E-state index contributed by atoms with van der Waals surface area (Å²) in [6, 6.07) is 7.23. The number of anilines is 2. The second kappa shape index (κ2) is 11.1. The zero-order valence-electron chi connectivity index (χ0n) is 12.8. The summed E-state index contributed by atoms with van der Waals surface area (Å²) in [6.45, 7) is 11.0. The monoisotopic (exact) mass is 353 g/mol. The first kappa shape index (κ1) is 21.7. The number of hydrogen-bond acceptors (Lipinski definition) is 3. The van der Waals surface area contributed by atoms with Crippen LogP contribution in [0.1, 0.15) is 34.1 Å². The van der Waals surface area contributed by atoms with Crippen molar-refractivity contribution in [3.05, 3.63) is 38.2 Å². The maximum absolute atomic E-state index is 11.5. The van der Waals surface area contributed by atoms with Gasteiger partial charge in [-0.25, -0.2) is 4.79 Å². The van der Waals surface area contributed by atoms with Crippen molar-refractivity contribution in [1.82, 2.24) is 0 Å². The Balaban J connectivity index is 0. The fourth-order valence-electron chi connectivity index (χ4n) is 1.13. The van der Waals surface area contributed by atoms with Crippen LogP contribution >= 0.6 is 0 Å². The number of rotatable bonds is 2. The van der Waals surface area contributed by atoms with Crippen LogP contribution in [0.2, 0.25) is 0 Å². The van der Waals surface area contributed by atoms with E-state index in [9.17, 15) is 4.79 Å². The summed E-state index contributed by atoms with van der Waals surface area (Å²) in [5.74, 6) is 0. The molecule has 2 N–H and O–H groups in total. The number of hydrogen-bond donors (Lipinski definition) is 2. The Morgan fingerprint density at radius 1 is 1.30 bits per heavy atom. The van der Waals surface area contributed by atoms with Crippen LogP contribution in [0.15, 0.2) is 24.3 Å². The minimum Gasteiger partial charge on any atom is -0.538 e. The van der Waals surface area contributed by atoms with E-state index < -0.39 is 11.7 Å². The zero-order valence-corrected chi connectivity index (χ0v) is 15.7. The molecule has 1 aromatic carbocycles. The summed E-state index contributed by atoms with van der Waals surface area (Å²) < 4.78 is 5.13. The topological polar surface area (TPSA) is 50.4 Å². The third kappa shape index (κ3) is 11.2. The quantitative estimate of drug-likeness (QED) is 0.772. The van der Waals surface area contributed by atoms with Crippen LogP contribution < -0.4 is 10.6 Å². The van der Waals surface area contributed by atoms with E-state index in [1.54, 1.807) is 12.1 Å². The summed E-state index contributed by atoms with van der Waals surface area (Å²) in [4.78, 5) is 11.5. The summed E-state index contributed by atoms with van der Waals surface area (Å²) in [5, 5.41) is 5.39. The first-order valence-electron chi connectivity index (χ1n) is 6.24. The molecule has 0 aliphatic heterocycles. The smallest absolute Gasteiger partial charge is 0.412 e. The third-order valence-electron chi connectivity index (χ3n) is 1.71. The minimum atomic E-state index is -0.494. The largest absolute Gasteiger partial charge is 0.538 e. The molecule has 0 saturated heterocycles. The molecule has 0 fully saturated rings. The standard InChI is InChI=1S/C12H17N2O2.C3H7.Y/c1-12(2,3)16-11(15)14-10-7-5-6-9(8-10)13-4;1-3-2;/h5-8,13H,4H2,1-3H3,(H,14,15);1,3H2,2H3;/q2*-1;. The van der Waals surface area contributed by atoms with E-state index in [2.05, 4.69) is 24.6 Å². The number of ether oxygens (including phenoxy) is 1. The van der Waals surface area contributed by atoms with Gasteiger partial charge >= 0.3 is 6.09 Å². The van der Waals surface area contributed by atoms with E-state index in [-0.39, 0.29) is 32.7 Å². The van der Waals surface area contributed by atoms with E-state index in [0.717, 1.165) is 12.1 Å². The molecule has 1 amide bonds. The van der Waals surface area contributed by atoms with Gasteiger partial charge in [0.2, 0.25) is 0 Å². The SMILES string of the molecule is [CH2-]CC.[CH2-]Nc1cccc(NC(=O)OC(C)(C)C)c1.[Y]. The van der Waals surface area contributed by atoms with Gasteiger partial charge in [-0.1, -0.05) is 13.0 Å². The Bertz CT molecular complexity index is 390. The number of nitrogens with one attached hydrogen (secondary N) is 2. The third-order valence-corrected chi connectivity index (χ3v) is 1.71. The van der Waals surface area contributed by atoms with Gasteiger partial charge in [0.1, 0.15) is 5.60 Å². The Morgan fingerprint density at radius 2 is 1.80 bits per heavy atom. The average molecular weight is 353 g/mol. The Hall–Kier alpha value is -0.606. The van der Waals surface area contributed by atoms with Crippen LogP contribution in [-0.2, 0) is 37.4 Å². The molecule has 0 spiro atoms. The molecule has 1 radical (unpaired) electrons.